The molecule has 0 bridgehead atoms. The van der Waals surface area contributed by atoms with Gasteiger partial charge in [-0.1, -0.05) is 6.42 Å². The van der Waals surface area contributed by atoms with Crippen molar-refractivity contribution in [1.29, 1.82) is 0 Å². The van der Waals surface area contributed by atoms with E-state index in [1.54, 1.807) is 0 Å². The first-order valence-corrected chi connectivity index (χ1v) is 6.17. The summed E-state index contributed by atoms with van der Waals surface area (Å²) in [6.07, 6.45) is 8.77. The number of aliphatic carboxylic acids is 1. The number of hydrogen-bond acceptors (Lipinski definition) is 2. The fourth-order valence-electron chi connectivity index (χ4n) is 3.49. The van der Waals surface area contributed by atoms with Gasteiger partial charge in [0.1, 0.15) is 0 Å². The Kier molecular flexibility index (Phi) is 2.06. The molecule has 0 radical (unpaired) electrons. The van der Waals surface area contributed by atoms with E-state index in [0.29, 0.717) is 11.5 Å². The van der Waals surface area contributed by atoms with Gasteiger partial charge in [-0.05, 0) is 43.9 Å². The lowest BCUT2D eigenvalue weighted by Gasteiger charge is -2.56. The molecule has 3 rings (SSSR count). The molecular weight excluding hydrogens is 190 g/mol. The molecule has 0 heterocycles. The van der Waals surface area contributed by atoms with Crippen LogP contribution in [0.15, 0.2) is 0 Å². The van der Waals surface area contributed by atoms with Crippen molar-refractivity contribution in [2.45, 2.75) is 57.0 Å². The highest BCUT2D eigenvalue weighted by Crippen LogP contribution is 2.56. The fraction of sp³-hybridized carbons (Fsp3) is 0.917. The lowest BCUT2D eigenvalue weighted by Crippen LogP contribution is -2.59. The summed E-state index contributed by atoms with van der Waals surface area (Å²) >= 11 is 0. The van der Waals surface area contributed by atoms with Crippen molar-refractivity contribution >= 4 is 5.97 Å². The molecule has 1 spiro atoms. The third kappa shape index (κ3) is 1.48. The summed E-state index contributed by atoms with van der Waals surface area (Å²) in [5.41, 5.74) is 0.695. The van der Waals surface area contributed by atoms with Crippen LogP contribution < -0.4 is 5.32 Å². The van der Waals surface area contributed by atoms with Crippen LogP contribution in [0.1, 0.15) is 44.9 Å². The van der Waals surface area contributed by atoms with Gasteiger partial charge in [-0.25, -0.2) is 0 Å². The first-order valence-electron chi connectivity index (χ1n) is 6.17. The van der Waals surface area contributed by atoms with Gasteiger partial charge in [0.2, 0.25) is 0 Å². The molecule has 0 aromatic carbocycles. The number of carboxylic acids is 1. The molecule has 3 fully saturated rings. The van der Waals surface area contributed by atoms with Crippen molar-refractivity contribution in [1.82, 2.24) is 5.32 Å². The Labute approximate surface area is 90.2 Å². The molecule has 3 saturated carbocycles. The summed E-state index contributed by atoms with van der Waals surface area (Å²) in [7, 11) is 0. The number of hydrogen-bond donors (Lipinski definition) is 2. The molecule has 3 nitrogen and oxygen atoms in total. The summed E-state index contributed by atoms with van der Waals surface area (Å²) in [5, 5.41) is 12.5. The van der Waals surface area contributed by atoms with Gasteiger partial charge in [-0.3, -0.25) is 4.79 Å². The maximum Gasteiger partial charge on any atom is 0.308 e. The zero-order valence-corrected chi connectivity index (χ0v) is 9.04. The third-order valence-corrected chi connectivity index (χ3v) is 4.81. The van der Waals surface area contributed by atoms with Gasteiger partial charge < -0.3 is 10.4 Å². The zero-order valence-electron chi connectivity index (χ0n) is 9.04. The van der Waals surface area contributed by atoms with Gasteiger partial charge in [0.15, 0.2) is 0 Å². The quantitative estimate of drug-likeness (QED) is 0.744. The van der Waals surface area contributed by atoms with Crippen LogP contribution in [-0.4, -0.2) is 23.2 Å². The standard InChI is InChI=1S/C12H19NO2/c14-11(15)9-2-3-10(9)13-8-6-12(7-8)4-1-5-12/h8-10,13H,1-7H2,(H,14,15). The Morgan fingerprint density at radius 3 is 2.40 bits per heavy atom. The number of rotatable bonds is 3. The van der Waals surface area contributed by atoms with E-state index in [1.165, 1.54) is 32.1 Å². The molecule has 2 atom stereocenters. The first kappa shape index (κ1) is 9.64. The molecule has 0 aliphatic heterocycles. The van der Waals surface area contributed by atoms with E-state index in [0.717, 1.165) is 12.8 Å². The van der Waals surface area contributed by atoms with Crippen LogP contribution in [0.25, 0.3) is 0 Å². The van der Waals surface area contributed by atoms with Gasteiger partial charge >= 0.3 is 5.97 Å². The minimum Gasteiger partial charge on any atom is -0.481 e. The maximum absolute atomic E-state index is 10.8. The minimum atomic E-state index is -0.614. The summed E-state index contributed by atoms with van der Waals surface area (Å²) < 4.78 is 0. The number of carbonyl (C=O) groups is 1. The summed E-state index contributed by atoms with van der Waals surface area (Å²) in [5.74, 6) is -0.723. The maximum atomic E-state index is 10.8. The predicted octanol–water partition coefficient (Wildman–Crippen LogP) is 1.77. The molecule has 0 aromatic rings. The normalized spacial score (nSPS) is 37.9. The SMILES string of the molecule is O=C(O)C1CCC1NC1CC2(CCC2)C1. The highest BCUT2D eigenvalue weighted by molar-refractivity contribution is 5.72. The smallest absolute Gasteiger partial charge is 0.308 e. The zero-order chi connectivity index (χ0) is 10.5. The Morgan fingerprint density at radius 1 is 1.27 bits per heavy atom. The van der Waals surface area contributed by atoms with E-state index >= 15 is 0 Å². The Balaban J connectivity index is 1.45. The molecular formula is C12H19NO2. The van der Waals surface area contributed by atoms with E-state index in [4.69, 9.17) is 5.11 Å². The van der Waals surface area contributed by atoms with Crippen LogP contribution in [0.2, 0.25) is 0 Å². The van der Waals surface area contributed by atoms with Crippen molar-refractivity contribution in [2.75, 3.05) is 0 Å². The molecule has 3 heteroatoms. The van der Waals surface area contributed by atoms with Gasteiger partial charge in [0.25, 0.3) is 0 Å². The molecule has 0 amide bonds. The second kappa shape index (κ2) is 3.21. The Hall–Kier alpha value is -0.570. The van der Waals surface area contributed by atoms with Crippen molar-refractivity contribution in [2.24, 2.45) is 11.3 Å². The largest absolute Gasteiger partial charge is 0.481 e. The lowest BCUT2D eigenvalue weighted by molar-refractivity contribution is -0.146. The molecule has 0 saturated heterocycles. The van der Waals surface area contributed by atoms with E-state index in [-0.39, 0.29) is 12.0 Å². The minimum absolute atomic E-state index is 0.108. The number of nitrogens with one attached hydrogen (secondary N) is 1. The van der Waals surface area contributed by atoms with Crippen LogP contribution in [0.4, 0.5) is 0 Å². The van der Waals surface area contributed by atoms with Gasteiger partial charge in [-0.2, -0.15) is 0 Å². The van der Waals surface area contributed by atoms with Crippen LogP contribution in [0.3, 0.4) is 0 Å². The molecule has 84 valence electrons. The van der Waals surface area contributed by atoms with Gasteiger partial charge in [0, 0.05) is 12.1 Å². The van der Waals surface area contributed by atoms with Crippen molar-refractivity contribution < 1.29 is 9.90 Å². The van der Waals surface area contributed by atoms with Crippen LogP contribution in [-0.2, 0) is 4.79 Å². The van der Waals surface area contributed by atoms with E-state index < -0.39 is 5.97 Å². The Bertz CT molecular complexity index is 277. The highest BCUT2D eigenvalue weighted by atomic mass is 16.4. The predicted molar refractivity (Wildman–Crippen MR) is 56.6 cm³/mol. The lowest BCUT2D eigenvalue weighted by atomic mass is 9.54. The van der Waals surface area contributed by atoms with Gasteiger partial charge in [-0.15, -0.1) is 0 Å². The number of carboxylic acid groups (broad SMARTS) is 1. The molecule has 15 heavy (non-hydrogen) atoms. The Morgan fingerprint density at radius 2 is 2.00 bits per heavy atom. The highest BCUT2D eigenvalue weighted by Gasteiger charge is 2.49. The van der Waals surface area contributed by atoms with E-state index in [9.17, 15) is 4.79 Å². The van der Waals surface area contributed by atoms with Crippen LogP contribution in [0.5, 0.6) is 0 Å². The molecule has 0 aromatic heterocycles. The monoisotopic (exact) mass is 209 g/mol. The van der Waals surface area contributed by atoms with E-state index in [1.807, 2.05) is 0 Å². The topological polar surface area (TPSA) is 49.3 Å². The van der Waals surface area contributed by atoms with Gasteiger partial charge in [0.05, 0.1) is 5.92 Å². The third-order valence-electron chi connectivity index (χ3n) is 4.81. The van der Waals surface area contributed by atoms with Crippen LogP contribution in [0, 0.1) is 11.3 Å². The van der Waals surface area contributed by atoms with Crippen LogP contribution >= 0.6 is 0 Å². The second-order valence-electron chi connectivity index (χ2n) is 5.75. The summed E-state index contributed by atoms with van der Waals surface area (Å²) in [6, 6.07) is 0.891. The molecule has 3 aliphatic carbocycles. The average Bonchev–Trinajstić information content (AvgIpc) is 1.94. The van der Waals surface area contributed by atoms with E-state index in [2.05, 4.69) is 5.32 Å². The van der Waals surface area contributed by atoms with Crippen molar-refractivity contribution in [3.8, 4) is 0 Å². The first-order chi connectivity index (χ1) is 7.19. The van der Waals surface area contributed by atoms with Crippen molar-refractivity contribution in [3.63, 3.8) is 0 Å². The summed E-state index contributed by atoms with van der Waals surface area (Å²) in [4.78, 5) is 10.8. The summed E-state index contributed by atoms with van der Waals surface area (Å²) in [6.45, 7) is 0. The average molecular weight is 209 g/mol. The molecule has 2 unspecified atom stereocenters. The molecule has 3 aliphatic rings. The second-order valence-corrected chi connectivity index (χ2v) is 5.75. The molecule has 2 N–H and O–H groups in total. The fourth-order valence-corrected chi connectivity index (χ4v) is 3.49. The van der Waals surface area contributed by atoms with Crippen molar-refractivity contribution in [3.05, 3.63) is 0 Å².